The van der Waals surface area contributed by atoms with Gasteiger partial charge in [-0.1, -0.05) is 47.1 Å². The predicted molar refractivity (Wildman–Crippen MR) is 85.0 cm³/mol. The molecule has 0 bridgehead atoms. The van der Waals surface area contributed by atoms with Crippen molar-refractivity contribution in [3.8, 4) is 11.4 Å². The van der Waals surface area contributed by atoms with Crippen molar-refractivity contribution in [3.63, 3.8) is 0 Å². The van der Waals surface area contributed by atoms with Crippen LogP contribution in [-0.2, 0) is 13.2 Å². The van der Waals surface area contributed by atoms with E-state index in [2.05, 4.69) is 10.3 Å². The summed E-state index contributed by atoms with van der Waals surface area (Å²) in [5, 5.41) is 8.85. The molecule has 0 saturated heterocycles. The predicted octanol–water partition coefficient (Wildman–Crippen LogP) is 2.96. The molecular weight excluding hydrogens is 300 g/mol. The smallest absolute Gasteiger partial charge is 0.138 e. The average Bonchev–Trinajstić information content (AvgIpc) is 2.98. The molecule has 0 spiro atoms. The van der Waals surface area contributed by atoms with E-state index in [0.717, 1.165) is 11.4 Å². The van der Waals surface area contributed by atoms with Crippen LogP contribution in [0.25, 0.3) is 5.69 Å². The normalized spacial score (nSPS) is 10.6. The number of ether oxygens (including phenoxy) is 1. The fourth-order valence-electron chi connectivity index (χ4n) is 2.12. The third-order valence-electron chi connectivity index (χ3n) is 3.24. The largest absolute Gasteiger partial charge is 0.486 e. The fourth-order valence-corrected chi connectivity index (χ4v) is 2.31. The Morgan fingerprint density at radius 3 is 2.50 bits per heavy atom. The highest BCUT2D eigenvalue weighted by Gasteiger charge is 2.14. The molecule has 0 aliphatic rings. The Morgan fingerprint density at radius 1 is 1.05 bits per heavy atom. The van der Waals surface area contributed by atoms with Crippen molar-refractivity contribution in [3.05, 3.63) is 71.0 Å². The van der Waals surface area contributed by atoms with Gasteiger partial charge in [0.05, 0.1) is 10.7 Å². The first-order valence-corrected chi connectivity index (χ1v) is 7.23. The van der Waals surface area contributed by atoms with Gasteiger partial charge in [0.15, 0.2) is 0 Å². The summed E-state index contributed by atoms with van der Waals surface area (Å²) in [5.41, 5.74) is 8.17. The molecule has 0 fully saturated rings. The lowest BCUT2D eigenvalue weighted by Gasteiger charge is -2.10. The van der Waals surface area contributed by atoms with Crippen LogP contribution < -0.4 is 10.5 Å². The summed E-state index contributed by atoms with van der Waals surface area (Å²) in [6.45, 7) is 0.589. The molecule has 112 valence electrons. The standard InChI is InChI=1S/C16H15ClN4O/c17-13-8-4-5-9-16(13)22-11-15-14(10-18)19-20-21(15)12-6-2-1-3-7-12/h1-9H,10-11,18H2. The monoisotopic (exact) mass is 314 g/mol. The Morgan fingerprint density at radius 2 is 1.77 bits per heavy atom. The van der Waals surface area contributed by atoms with Gasteiger partial charge in [0, 0.05) is 6.54 Å². The number of nitrogens with two attached hydrogens (primary N) is 1. The molecule has 0 radical (unpaired) electrons. The molecule has 6 heteroatoms. The molecule has 1 aromatic heterocycles. The van der Waals surface area contributed by atoms with Crippen molar-refractivity contribution >= 4 is 11.6 Å². The first-order valence-electron chi connectivity index (χ1n) is 6.86. The quantitative estimate of drug-likeness (QED) is 0.786. The Balaban J connectivity index is 1.89. The Hall–Kier alpha value is -2.37. The third kappa shape index (κ3) is 2.95. The van der Waals surface area contributed by atoms with Crippen LogP contribution in [-0.4, -0.2) is 15.0 Å². The van der Waals surface area contributed by atoms with E-state index < -0.39 is 0 Å². The highest BCUT2D eigenvalue weighted by atomic mass is 35.5. The number of hydrogen-bond donors (Lipinski definition) is 1. The molecule has 2 N–H and O–H groups in total. The molecular formula is C16H15ClN4O. The molecule has 0 amide bonds. The van der Waals surface area contributed by atoms with E-state index in [1.54, 1.807) is 10.7 Å². The first kappa shape index (κ1) is 14.6. The molecule has 3 rings (SSSR count). The molecule has 0 atom stereocenters. The summed E-state index contributed by atoms with van der Waals surface area (Å²) in [4.78, 5) is 0. The van der Waals surface area contributed by atoms with Gasteiger partial charge in [0.1, 0.15) is 23.7 Å². The Kier molecular flexibility index (Phi) is 4.37. The van der Waals surface area contributed by atoms with Gasteiger partial charge in [-0.3, -0.25) is 0 Å². The van der Waals surface area contributed by atoms with Gasteiger partial charge in [-0.05, 0) is 24.3 Å². The Bertz CT molecular complexity index is 758. The fraction of sp³-hybridized carbons (Fsp3) is 0.125. The van der Waals surface area contributed by atoms with Gasteiger partial charge in [0.25, 0.3) is 0 Å². The van der Waals surface area contributed by atoms with Crippen molar-refractivity contribution in [2.75, 3.05) is 0 Å². The van der Waals surface area contributed by atoms with Gasteiger partial charge in [-0.2, -0.15) is 0 Å². The van der Waals surface area contributed by atoms with Crippen molar-refractivity contribution in [1.82, 2.24) is 15.0 Å². The van der Waals surface area contributed by atoms with E-state index in [1.807, 2.05) is 48.5 Å². The molecule has 0 aliphatic carbocycles. The van der Waals surface area contributed by atoms with Crippen LogP contribution in [0, 0.1) is 0 Å². The minimum absolute atomic E-state index is 0.290. The van der Waals surface area contributed by atoms with E-state index in [0.29, 0.717) is 23.0 Å². The molecule has 0 saturated carbocycles. The molecule has 3 aromatic rings. The summed E-state index contributed by atoms with van der Waals surface area (Å²) in [6, 6.07) is 17.1. The summed E-state index contributed by atoms with van der Waals surface area (Å²) >= 11 is 6.11. The highest BCUT2D eigenvalue weighted by Crippen LogP contribution is 2.24. The minimum atomic E-state index is 0.290. The number of aromatic nitrogens is 3. The van der Waals surface area contributed by atoms with Crippen LogP contribution in [0.3, 0.4) is 0 Å². The van der Waals surface area contributed by atoms with E-state index >= 15 is 0 Å². The zero-order valence-corrected chi connectivity index (χ0v) is 12.6. The summed E-state index contributed by atoms with van der Waals surface area (Å²) in [5.74, 6) is 0.618. The number of rotatable bonds is 5. The summed E-state index contributed by atoms with van der Waals surface area (Å²) in [7, 11) is 0. The van der Waals surface area contributed by atoms with Crippen LogP contribution in [0.2, 0.25) is 5.02 Å². The maximum absolute atomic E-state index is 6.11. The van der Waals surface area contributed by atoms with E-state index in [4.69, 9.17) is 22.1 Å². The number of hydrogen-bond acceptors (Lipinski definition) is 4. The number of para-hydroxylation sites is 2. The minimum Gasteiger partial charge on any atom is -0.486 e. The zero-order chi connectivity index (χ0) is 15.4. The topological polar surface area (TPSA) is 66.0 Å². The molecule has 1 heterocycles. The van der Waals surface area contributed by atoms with Crippen LogP contribution in [0.5, 0.6) is 5.75 Å². The zero-order valence-electron chi connectivity index (χ0n) is 11.8. The number of benzene rings is 2. The van der Waals surface area contributed by atoms with Crippen molar-refractivity contribution in [1.29, 1.82) is 0 Å². The maximum atomic E-state index is 6.11. The van der Waals surface area contributed by atoms with Gasteiger partial charge in [0.2, 0.25) is 0 Å². The van der Waals surface area contributed by atoms with Gasteiger partial charge < -0.3 is 10.5 Å². The average molecular weight is 315 g/mol. The lowest BCUT2D eigenvalue weighted by atomic mass is 10.3. The molecule has 0 unspecified atom stereocenters. The molecule has 2 aromatic carbocycles. The van der Waals surface area contributed by atoms with Gasteiger partial charge >= 0.3 is 0 Å². The summed E-state index contributed by atoms with van der Waals surface area (Å²) in [6.07, 6.45) is 0. The molecule has 22 heavy (non-hydrogen) atoms. The first-order chi connectivity index (χ1) is 10.8. The SMILES string of the molecule is NCc1nnn(-c2ccccc2)c1COc1ccccc1Cl. The lowest BCUT2D eigenvalue weighted by Crippen LogP contribution is -2.09. The van der Waals surface area contributed by atoms with Crippen LogP contribution >= 0.6 is 11.6 Å². The second-order valence-electron chi connectivity index (χ2n) is 4.65. The highest BCUT2D eigenvalue weighted by molar-refractivity contribution is 6.32. The lowest BCUT2D eigenvalue weighted by molar-refractivity contribution is 0.296. The van der Waals surface area contributed by atoms with Crippen LogP contribution in [0.15, 0.2) is 54.6 Å². The number of halogens is 1. The second-order valence-corrected chi connectivity index (χ2v) is 5.06. The Labute approximate surface area is 133 Å². The van der Waals surface area contributed by atoms with Gasteiger partial charge in [-0.15, -0.1) is 5.10 Å². The van der Waals surface area contributed by atoms with Crippen LogP contribution in [0.1, 0.15) is 11.4 Å². The van der Waals surface area contributed by atoms with E-state index in [1.165, 1.54) is 0 Å². The molecule has 0 aliphatic heterocycles. The maximum Gasteiger partial charge on any atom is 0.138 e. The third-order valence-corrected chi connectivity index (χ3v) is 3.55. The van der Waals surface area contributed by atoms with Crippen LogP contribution in [0.4, 0.5) is 0 Å². The number of nitrogens with zero attached hydrogens (tertiary/aromatic N) is 3. The van der Waals surface area contributed by atoms with E-state index in [-0.39, 0.29) is 6.61 Å². The second kappa shape index (κ2) is 6.60. The van der Waals surface area contributed by atoms with Gasteiger partial charge in [-0.25, -0.2) is 4.68 Å². The van der Waals surface area contributed by atoms with Crippen molar-refractivity contribution in [2.45, 2.75) is 13.2 Å². The van der Waals surface area contributed by atoms with E-state index in [9.17, 15) is 0 Å². The van der Waals surface area contributed by atoms with Crippen molar-refractivity contribution in [2.24, 2.45) is 5.73 Å². The summed E-state index contributed by atoms with van der Waals surface area (Å²) < 4.78 is 7.53. The van der Waals surface area contributed by atoms with Crippen molar-refractivity contribution < 1.29 is 4.74 Å². The molecule has 5 nitrogen and oxygen atoms in total.